The van der Waals surface area contributed by atoms with Crippen LogP contribution in [-0.4, -0.2) is 35.5 Å². The Morgan fingerprint density at radius 2 is 1.79 bits per heavy atom. The van der Waals surface area contributed by atoms with E-state index in [9.17, 15) is 0 Å². The minimum absolute atomic E-state index is 0.237. The number of nitrogens with zero attached hydrogens (tertiary/aromatic N) is 3. The first-order chi connectivity index (χ1) is 9.16. The van der Waals surface area contributed by atoms with E-state index in [0.717, 1.165) is 11.6 Å². The lowest BCUT2D eigenvalue weighted by Crippen LogP contribution is -2.27. The molecule has 0 spiro atoms. The fourth-order valence-electron chi connectivity index (χ4n) is 1.86. The predicted molar refractivity (Wildman–Crippen MR) is 78.4 cm³/mol. The lowest BCUT2D eigenvalue weighted by Gasteiger charge is -2.25. The monoisotopic (exact) mass is 276 g/mol. The zero-order valence-electron chi connectivity index (χ0n) is 11.0. The van der Waals surface area contributed by atoms with E-state index in [0.29, 0.717) is 5.95 Å². The zero-order valence-corrected chi connectivity index (χ0v) is 11.8. The van der Waals surface area contributed by atoms with Crippen LogP contribution in [0, 0.1) is 0 Å². The molecular weight excluding hydrogens is 260 g/mol. The number of hydrogen-bond donors (Lipinski definition) is 1. The summed E-state index contributed by atoms with van der Waals surface area (Å²) in [5, 5.41) is 3.99. The lowest BCUT2D eigenvalue weighted by molar-refractivity contribution is 0.311. The quantitative estimate of drug-likeness (QED) is 0.912. The molecule has 1 atom stereocenters. The van der Waals surface area contributed by atoms with Crippen LogP contribution in [0.3, 0.4) is 0 Å². The fraction of sp³-hybridized carbons (Fsp3) is 0.286. The van der Waals surface area contributed by atoms with Gasteiger partial charge in [-0.05, 0) is 37.9 Å². The van der Waals surface area contributed by atoms with E-state index in [1.54, 1.807) is 18.5 Å². The molecule has 19 heavy (non-hydrogen) atoms. The molecule has 0 saturated carbocycles. The number of aromatic nitrogens is 2. The Bertz CT molecular complexity index is 499. The van der Waals surface area contributed by atoms with Crippen LogP contribution in [-0.2, 0) is 0 Å². The van der Waals surface area contributed by atoms with Crippen molar-refractivity contribution in [2.24, 2.45) is 0 Å². The van der Waals surface area contributed by atoms with E-state index in [1.165, 1.54) is 5.56 Å². The van der Waals surface area contributed by atoms with Crippen LogP contribution in [0.25, 0.3) is 0 Å². The summed E-state index contributed by atoms with van der Waals surface area (Å²) in [6.45, 7) is 0.735. The van der Waals surface area contributed by atoms with Crippen LogP contribution < -0.4 is 5.32 Å². The summed E-state index contributed by atoms with van der Waals surface area (Å²) in [6, 6.07) is 9.94. The number of benzene rings is 1. The summed E-state index contributed by atoms with van der Waals surface area (Å²) in [4.78, 5) is 10.5. The third-order valence-electron chi connectivity index (χ3n) is 2.90. The molecule has 1 aromatic carbocycles. The zero-order chi connectivity index (χ0) is 13.7. The molecule has 1 N–H and O–H groups in total. The maximum Gasteiger partial charge on any atom is 0.222 e. The minimum atomic E-state index is 0.237. The van der Waals surface area contributed by atoms with E-state index in [-0.39, 0.29) is 6.04 Å². The van der Waals surface area contributed by atoms with Gasteiger partial charge in [0, 0.05) is 24.0 Å². The van der Waals surface area contributed by atoms with Crippen LogP contribution >= 0.6 is 11.6 Å². The van der Waals surface area contributed by atoms with E-state index in [4.69, 9.17) is 11.6 Å². The van der Waals surface area contributed by atoms with Gasteiger partial charge in [0.15, 0.2) is 0 Å². The number of hydrogen-bond acceptors (Lipinski definition) is 4. The highest BCUT2D eigenvalue weighted by atomic mass is 35.5. The summed E-state index contributed by atoms with van der Waals surface area (Å²) in [6.07, 6.45) is 3.45. The highest BCUT2D eigenvalue weighted by Gasteiger charge is 2.14. The van der Waals surface area contributed by atoms with Gasteiger partial charge < -0.3 is 10.2 Å². The number of anilines is 1. The van der Waals surface area contributed by atoms with E-state index in [1.807, 2.05) is 38.4 Å². The summed E-state index contributed by atoms with van der Waals surface area (Å²) in [5.41, 5.74) is 1.21. The largest absolute Gasteiger partial charge is 0.352 e. The Balaban J connectivity index is 2.06. The average Bonchev–Trinajstić information content (AvgIpc) is 2.42. The van der Waals surface area contributed by atoms with Gasteiger partial charge in [-0.3, -0.25) is 0 Å². The second-order valence-electron chi connectivity index (χ2n) is 4.48. The highest BCUT2D eigenvalue weighted by molar-refractivity contribution is 6.30. The van der Waals surface area contributed by atoms with Crippen molar-refractivity contribution in [2.75, 3.05) is 26.0 Å². The van der Waals surface area contributed by atoms with Crippen LogP contribution in [0.5, 0.6) is 0 Å². The van der Waals surface area contributed by atoms with Crippen molar-refractivity contribution < 1.29 is 0 Å². The van der Waals surface area contributed by atoms with Gasteiger partial charge >= 0.3 is 0 Å². The Kier molecular flexibility index (Phi) is 4.71. The number of rotatable bonds is 5. The molecule has 0 aliphatic rings. The molecule has 0 bridgehead atoms. The topological polar surface area (TPSA) is 41.0 Å². The number of likely N-dealkylation sites (N-methyl/N-ethyl adjacent to an activating group) is 1. The van der Waals surface area contributed by atoms with Crippen molar-refractivity contribution in [2.45, 2.75) is 6.04 Å². The van der Waals surface area contributed by atoms with Crippen molar-refractivity contribution in [1.29, 1.82) is 0 Å². The van der Waals surface area contributed by atoms with Crippen molar-refractivity contribution in [1.82, 2.24) is 14.9 Å². The Labute approximate surface area is 118 Å². The van der Waals surface area contributed by atoms with Crippen molar-refractivity contribution in [3.05, 3.63) is 53.3 Å². The van der Waals surface area contributed by atoms with Gasteiger partial charge in [0.05, 0.1) is 6.04 Å². The Morgan fingerprint density at radius 3 is 2.37 bits per heavy atom. The molecule has 0 fully saturated rings. The standard InChI is InChI=1S/C14H17ClN4/c1-19(2)13(11-4-6-12(15)7-5-11)10-18-14-16-8-3-9-17-14/h3-9,13H,10H2,1-2H3,(H,16,17,18). The third-order valence-corrected chi connectivity index (χ3v) is 3.15. The molecular formula is C14H17ClN4. The van der Waals surface area contributed by atoms with Crippen LogP contribution in [0.4, 0.5) is 5.95 Å². The molecule has 5 heteroatoms. The second-order valence-corrected chi connectivity index (χ2v) is 4.92. The van der Waals surface area contributed by atoms with Gasteiger partial charge in [-0.1, -0.05) is 23.7 Å². The summed E-state index contributed by atoms with van der Waals surface area (Å²) >= 11 is 5.92. The van der Waals surface area contributed by atoms with Crippen LogP contribution in [0.15, 0.2) is 42.7 Å². The molecule has 2 aromatic rings. The summed E-state index contributed by atoms with van der Waals surface area (Å²) < 4.78 is 0. The van der Waals surface area contributed by atoms with Gasteiger partial charge in [-0.15, -0.1) is 0 Å². The van der Waals surface area contributed by atoms with E-state index >= 15 is 0 Å². The predicted octanol–water partition coefficient (Wildman–Crippen LogP) is 2.84. The Hall–Kier alpha value is -1.65. The molecule has 0 radical (unpaired) electrons. The normalized spacial score (nSPS) is 12.4. The Morgan fingerprint density at radius 1 is 1.16 bits per heavy atom. The summed E-state index contributed by atoms with van der Waals surface area (Å²) in [5.74, 6) is 0.642. The van der Waals surface area contributed by atoms with E-state index < -0.39 is 0 Å². The van der Waals surface area contributed by atoms with Crippen molar-refractivity contribution in [3.63, 3.8) is 0 Å². The molecule has 0 amide bonds. The maximum atomic E-state index is 5.92. The minimum Gasteiger partial charge on any atom is -0.352 e. The smallest absolute Gasteiger partial charge is 0.222 e. The highest BCUT2D eigenvalue weighted by Crippen LogP contribution is 2.20. The van der Waals surface area contributed by atoms with Gasteiger partial charge in [0.25, 0.3) is 0 Å². The molecule has 4 nitrogen and oxygen atoms in total. The lowest BCUT2D eigenvalue weighted by atomic mass is 10.1. The first kappa shape index (κ1) is 13.8. The maximum absolute atomic E-state index is 5.92. The molecule has 1 aromatic heterocycles. The average molecular weight is 277 g/mol. The van der Waals surface area contributed by atoms with Crippen LogP contribution in [0.2, 0.25) is 5.02 Å². The molecule has 2 rings (SSSR count). The third kappa shape index (κ3) is 3.91. The van der Waals surface area contributed by atoms with E-state index in [2.05, 4.69) is 20.2 Å². The first-order valence-corrected chi connectivity index (χ1v) is 6.47. The molecule has 0 aliphatic heterocycles. The molecule has 100 valence electrons. The van der Waals surface area contributed by atoms with Crippen molar-refractivity contribution >= 4 is 17.5 Å². The van der Waals surface area contributed by atoms with Gasteiger partial charge in [-0.25, -0.2) is 9.97 Å². The van der Waals surface area contributed by atoms with Crippen LogP contribution in [0.1, 0.15) is 11.6 Å². The second kappa shape index (κ2) is 6.50. The molecule has 1 unspecified atom stereocenters. The molecule has 0 saturated heterocycles. The van der Waals surface area contributed by atoms with Crippen molar-refractivity contribution in [3.8, 4) is 0 Å². The SMILES string of the molecule is CN(C)C(CNc1ncccn1)c1ccc(Cl)cc1. The number of halogens is 1. The van der Waals surface area contributed by atoms with Gasteiger partial charge in [-0.2, -0.15) is 0 Å². The van der Waals surface area contributed by atoms with Gasteiger partial charge in [0.2, 0.25) is 5.95 Å². The number of nitrogens with one attached hydrogen (secondary N) is 1. The fourth-order valence-corrected chi connectivity index (χ4v) is 1.99. The first-order valence-electron chi connectivity index (χ1n) is 6.09. The summed E-state index contributed by atoms with van der Waals surface area (Å²) in [7, 11) is 4.10. The molecule has 1 heterocycles. The van der Waals surface area contributed by atoms with Gasteiger partial charge in [0.1, 0.15) is 0 Å². The molecule has 0 aliphatic carbocycles.